The third kappa shape index (κ3) is 4.48. The Bertz CT molecular complexity index is 651. The van der Waals surface area contributed by atoms with Gasteiger partial charge in [0.15, 0.2) is 0 Å². The molecule has 1 fully saturated rings. The number of ether oxygens (including phenoxy) is 1. The molecule has 0 aromatic heterocycles. The van der Waals surface area contributed by atoms with E-state index in [0.717, 1.165) is 18.4 Å². The van der Waals surface area contributed by atoms with Gasteiger partial charge in [-0.05, 0) is 36.1 Å². The molecule has 0 spiro atoms. The molecule has 1 aliphatic rings. The minimum absolute atomic E-state index is 0.115. The van der Waals surface area contributed by atoms with Crippen LogP contribution in [0.2, 0.25) is 0 Å². The number of rotatable bonds is 6. The lowest BCUT2D eigenvalue weighted by atomic mass is 10.1. The normalized spacial score (nSPS) is 14.7. The van der Waals surface area contributed by atoms with Crippen LogP contribution in [0.4, 0.5) is 13.2 Å². The second-order valence-electron chi connectivity index (χ2n) is 5.76. The Balaban J connectivity index is 1.74. The second kappa shape index (κ2) is 6.62. The molecular weight excluding hydrogens is 303 g/mol. The van der Waals surface area contributed by atoms with E-state index in [1.54, 1.807) is 6.07 Å². The Kier molecular flexibility index (Phi) is 4.57. The van der Waals surface area contributed by atoms with Gasteiger partial charge in [-0.1, -0.05) is 36.4 Å². The van der Waals surface area contributed by atoms with Crippen molar-refractivity contribution >= 4 is 0 Å². The van der Waals surface area contributed by atoms with Crippen molar-refractivity contribution in [2.75, 3.05) is 0 Å². The maximum Gasteiger partial charge on any atom is 0.419 e. The maximum atomic E-state index is 13.3. The predicted octanol–water partition coefficient (Wildman–Crippen LogP) is 4.54. The van der Waals surface area contributed by atoms with Gasteiger partial charge in [-0.15, -0.1) is 0 Å². The Labute approximate surface area is 133 Å². The van der Waals surface area contributed by atoms with Gasteiger partial charge in [-0.2, -0.15) is 13.2 Å². The molecule has 0 aliphatic heterocycles. The van der Waals surface area contributed by atoms with Crippen molar-refractivity contribution in [3.63, 3.8) is 0 Å². The molecule has 0 heterocycles. The van der Waals surface area contributed by atoms with Crippen LogP contribution in [0.1, 0.15) is 29.5 Å². The van der Waals surface area contributed by atoms with Crippen molar-refractivity contribution in [2.24, 2.45) is 0 Å². The fourth-order valence-electron chi connectivity index (χ4n) is 2.32. The molecule has 2 aromatic carbocycles. The second-order valence-corrected chi connectivity index (χ2v) is 5.76. The van der Waals surface area contributed by atoms with Gasteiger partial charge in [0.05, 0.1) is 5.56 Å². The summed E-state index contributed by atoms with van der Waals surface area (Å²) in [6.07, 6.45) is -2.23. The number of alkyl halides is 3. The molecule has 0 saturated heterocycles. The average molecular weight is 321 g/mol. The summed E-state index contributed by atoms with van der Waals surface area (Å²) in [7, 11) is 0. The van der Waals surface area contributed by atoms with E-state index in [1.807, 2.05) is 30.3 Å². The molecule has 2 nitrogen and oxygen atoms in total. The van der Waals surface area contributed by atoms with Crippen LogP contribution in [0.15, 0.2) is 48.5 Å². The Hall–Kier alpha value is -2.01. The van der Waals surface area contributed by atoms with Gasteiger partial charge in [0.2, 0.25) is 0 Å². The third-order valence-electron chi connectivity index (χ3n) is 3.76. The van der Waals surface area contributed by atoms with Gasteiger partial charge in [-0.25, -0.2) is 0 Å². The van der Waals surface area contributed by atoms with Crippen LogP contribution in [0.25, 0.3) is 0 Å². The largest absolute Gasteiger partial charge is 0.488 e. The average Bonchev–Trinajstić information content (AvgIpc) is 3.36. The first-order chi connectivity index (χ1) is 11.0. The summed E-state index contributed by atoms with van der Waals surface area (Å²) in [6, 6.07) is 13.9. The lowest BCUT2D eigenvalue weighted by Crippen LogP contribution is -2.16. The van der Waals surface area contributed by atoms with Gasteiger partial charge >= 0.3 is 6.18 Å². The van der Waals surface area contributed by atoms with Crippen molar-refractivity contribution in [1.29, 1.82) is 0 Å². The van der Waals surface area contributed by atoms with E-state index in [1.165, 1.54) is 12.1 Å². The SMILES string of the molecule is FC(F)(F)c1cc(CNC2CC2)ccc1OCc1ccccc1. The summed E-state index contributed by atoms with van der Waals surface area (Å²) in [4.78, 5) is 0. The molecule has 0 atom stereocenters. The van der Waals surface area contributed by atoms with Gasteiger partial charge in [0.25, 0.3) is 0 Å². The molecule has 1 aliphatic carbocycles. The number of halogens is 3. The number of nitrogens with one attached hydrogen (secondary N) is 1. The number of benzene rings is 2. The van der Waals surface area contributed by atoms with Crippen LogP contribution in [-0.4, -0.2) is 6.04 Å². The molecule has 5 heteroatoms. The highest BCUT2D eigenvalue weighted by Gasteiger charge is 2.34. The van der Waals surface area contributed by atoms with Crippen molar-refractivity contribution in [3.05, 3.63) is 65.2 Å². The first-order valence-corrected chi connectivity index (χ1v) is 7.62. The van der Waals surface area contributed by atoms with E-state index < -0.39 is 11.7 Å². The van der Waals surface area contributed by atoms with Gasteiger partial charge < -0.3 is 10.1 Å². The van der Waals surface area contributed by atoms with Crippen LogP contribution in [0.3, 0.4) is 0 Å². The minimum atomic E-state index is -4.43. The molecule has 122 valence electrons. The highest BCUT2D eigenvalue weighted by atomic mass is 19.4. The summed E-state index contributed by atoms with van der Waals surface area (Å²) in [5, 5.41) is 3.22. The minimum Gasteiger partial charge on any atom is -0.488 e. The van der Waals surface area contributed by atoms with Crippen LogP contribution < -0.4 is 10.1 Å². The first-order valence-electron chi connectivity index (χ1n) is 7.62. The van der Waals surface area contributed by atoms with E-state index in [-0.39, 0.29) is 12.4 Å². The monoisotopic (exact) mass is 321 g/mol. The highest BCUT2D eigenvalue weighted by Crippen LogP contribution is 2.37. The van der Waals surface area contributed by atoms with Gasteiger partial charge in [0.1, 0.15) is 12.4 Å². The quantitative estimate of drug-likeness (QED) is 0.843. The van der Waals surface area contributed by atoms with Crippen molar-refractivity contribution in [3.8, 4) is 5.75 Å². The summed E-state index contributed by atoms with van der Waals surface area (Å²) in [5.41, 5.74) is 0.736. The van der Waals surface area contributed by atoms with Crippen molar-refractivity contribution in [1.82, 2.24) is 5.32 Å². The molecule has 0 bridgehead atoms. The molecule has 2 aromatic rings. The maximum absolute atomic E-state index is 13.3. The molecular formula is C18H18F3NO. The van der Waals surface area contributed by atoms with E-state index in [4.69, 9.17) is 4.74 Å². The van der Waals surface area contributed by atoms with Gasteiger partial charge in [-0.3, -0.25) is 0 Å². The lowest BCUT2D eigenvalue weighted by molar-refractivity contribution is -0.139. The zero-order chi connectivity index (χ0) is 16.3. The molecule has 1 N–H and O–H groups in total. The molecule has 1 saturated carbocycles. The zero-order valence-electron chi connectivity index (χ0n) is 12.6. The van der Waals surface area contributed by atoms with Crippen LogP contribution in [0, 0.1) is 0 Å². The van der Waals surface area contributed by atoms with Crippen molar-refractivity contribution in [2.45, 2.75) is 38.2 Å². The number of hydrogen-bond acceptors (Lipinski definition) is 2. The summed E-state index contributed by atoms with van der Waals surface area (Å²) in [5.74, 6) is -0.128. The zero-order valence-corrected chi connectivity index (χ0v) is 12.6. The predicted molar refractivity (Wildman–Crippen MR) is 82.1 cm³/mol. The van der Waals surface area contributed by atoms with E-state index >= 15 is 0 Å². The fourth-order valence-corrected chi connectivity index (χ4v) is 2.32. The lowest BCUT2D eigenvalue weighted by Gasteiger charge is -2.16. The van der Waals surface area contributed by atoms with E-state index in [9.17, 15) is 13.2 Å². The number of hydrogen-bond donors (Lipinski definition) is 1. The topological polar surface area (TPSA) is 21.3 Å². The van der Waals surface area contributed by atoms with Crippen LogP contribution in [-0.2, 0) is 19.3 Å². The summed E-state index contributed by atoms with van der Waals surface area (Å²) < 4.78 is 45.2. The van der Waals surface area contributed by atoms with Gasteiger partial charge in [0, 0.05) is 12.6 Å². The Morgan fingerprint density at radius 2 is 1.74 bits per heavy atom. The molecule has 23 heavy (non-hydrogen) atoms. The summed E-state index contributed by atoms with van der Waals surface area (Å²) in [6.45, 7) is 0.566. The first kappa shape index (κ1) is 15.9. The third-order valence-corrected chi connectivity index (χ3v) is 3.76. The molecule has 0 radical (unpaired) electrons. The summed E-state index contributed by atoms with van der Waals surface area (Å²) >= 11 is 0. The molecule has 0 unspecified atom stereocenters. The van der Waals surface area contributed by atoms with Crippen LogP contribution in [0.5, 0.6) is 5.75 Å². The van der Waals surface area contributed by atoms with E-state index in [2.05, 4.69) is 5.32 Å². The standard InChI is InChI=1S/C18H18F3NO/c19-18(20,21)16-10-14(11-22-15-7-8-15)6-9-17(16)23-12-13-4-2-1-3-5-13/h1-6,9-10,15,22H,7-8,11-12H2. The smallest absolute Gasteiger partial charge is 0.419 e. The Morgan fingerprint density at radius 1 is 1.00 bits per heavy atom. The Morgan fingerprint density at radius 3 is 2.39 bits per heavy atom. The van der Waals surface area contributed by atoms with Crippen LogP contribution >= 0.6 is 0 Å². The fraction of sp³-hybridized carbons (Fsp3) is 0.333. The molecule has 3 rings (SSSR count). The van der Waals surface area contributed by atoms with Crippen molar-refractivity contribution < 1.29 is 17.9 Å². The highest BCUT2D eigenvalue weighted by molar-refractivity contribution is 5.39. The van der Waals surface area contributed by atoms with E-state index in [0.29, 0.717) is 18.2 Å². The molecule has 0 amide bonds.